The van der Waals surface area contributed by atoms with Gasteiger partial charge in [-0.2, -0.15) is 0 Å². The monoisotopic (exact) mass is 217 g/mol. The summed E-state index contributed by atoms with van der Waals surface area (Å²) in [4.78, 5) is 11.2. The number of nitrogens with one attached hydrogen (secondary N) is 1. The summed E-state index contributed by atoms with van der Waals surface area (Å²) in [5.74, 6) is -0.440. The van der Waals surface area contributed by atoms with Crippen LogP contribution in [0, 0.1) is 5.92 Å². The Bertz CT molecular complexity index is 181. The molecule has 0 aliphatic rings. The highest BCUT2D eigenvalue weighted by Crippen LogP contribution is 2.09. The molecule has 0 spiro atoms. The Kier molecular flexibility index (Phi) is 7.34. The topological polar surface area (TPSA) is 47.6 Å². The molecule has 0 fully saturated rings. The van der Waals surface area contributed by atoms with Crippen molar-refractivity contribution in [1.82, 2.24) is 5.32 Å². The van der Waals surface area contributed by atoms with Gasteiger partial charge in [0.25, 0.3) is 0 Å². The number of carbonyl (C=O) groups excluding carboxylic acids is 1. The summed E-state index contributed by atoms with van der Waals surface area (Å²) in [6.07, 6.45) is 0.898. The lowest BCUT2D eigenvalue weighted by Crippen LogP contribution is -2.34. The minimum atomic E-state index is -0.222. The number of rotatable bonds is 7. The summed E-state index contributed by atoms with van der Waals surface area (Å²) in [5.41, 5.74) is 0. The van der Waals surface area contributed by atoms with Crippen LogP contribution in [0.5, 0.6) is 0 Å². The summed E-state index contributed by atoms with van der Waals surface area (Å²) in [6.45, 7) is 6.43. The van der Waals surface area contributed by atoms with Crippen LogP contribution in [0.2, 0.25) is 0 Å². The Balaban J connectivity index is 3.91. The molecule has 0 saturated heterocycles. The first-order valence-electron chi connectivity index (χ1n) is 5.43. The molecular weight excluding hydrogens is 194 g/mol. The van der Waals surface area contributed by atoms with Gasteiger partial charge in [0, 0.05) is 6.04 Å². The van der Waals surface area contributed by atoms with Crippen molar-refractivity contribution >= 4 is 5.97 Å². The van der Waals surface area contributed by atoms with Crippen molar-refractivity contribution in [2.24, 2.45) is 5.92 Å². The molecule has 0 radical (unpaired) electrons. The second kappa shape index (κ2) is 7.65. The van der Waals surface area contributed by atoms with Crippen LogP contribution in [0.4, 0.5) is 0 Å². The first-order chi connectivity index (χ1) is 7.06. The van der Waals surface area contributed by atoms with Crippen LogP contribution < -0.4 is 5.32 Å². The van der Waals surface area contributed by atoms with Crippen molar-refractivity contribution in [3.05, 3.63) is 0 Å². The van der Waals surface area contributed by atoms with Crippen LogP contribution in [-0.4, -0.2) is 38.9 Å². The van der Waals surface area contributed by atoms with Crippen LogP contribution in [-0.2, 0) is 14.3 Å². The number of carbonyl (C=O) groups is 1. The quantitative estimate of drug-likeness (QED) is 0.651. The van der Waals surface area contributed by atoms with Crippen molar-refractivity contribution in [3.8, 4) is 0 Å². The summed E-state index contributed by atoms with van der Waals surface area (Å²) in [7, 11) is 3.31. The third-order valence-electron chi connectivity index (χ3n) is 2.74. The molecule has 0 aromatic heterocycles. The molecular formula is C11H23NO3. The third kappa shape index (κ3) is 5.14. The number of ether oxygens (including phenoxy) is 2. The van der Waals surface area contributed by atoms with Gasteiger partial charge in [0.15, 0.2) is 0 Å². The van der Waals surface area contributed by atoms with E-state index >= 15 is 0 Å². The highest BCUT2D eigenvalue weighted by Gasteiger charge is 2.21. The molecule has 0 aromatic carbocycles. The summed E-state index contributed by atoms with van der Waals surface area (Å²) in [5, 5.41) is 3.15. The van der Waals surface area contributed by atoms with E-state index in [1.165, 1.54) is 7.11 Å². The van der Waals surface area contributed by atoms with Gasteiger partial charge in [0.2, 0.25) is 0 Å². The van der Waals surface area contributed by atoms with Gasteiger partial charge in [-0.3, -0.25) is 4.79 Å². The zero-order chi connectivity index (χ0) is 11.8. The normalized spacial score (nSPS) is 16.9. The second-order valence-corrected chi connectivity index (χ2v) is 3.74. The molecule has 0 aliphatic carbocycles. The van der Waals surface area contributed by atoms with E-state index in [1.54, 1.807) is 0 Å². The average Bonchev–Trinajstić information content (AvgIpc) is 2.27. The molecule has 4 heteroatoms. The van der Waals surface area contributed by atoms with Crippen LogP contribution in [0.3, 0.4) is 0 Å². The lowest BCUT2D eigenvalue weighted by Gasteiger charge is -2.21. The van der Waals surface area contributed by atoms with E-state index in [-0.39, 0.29) is 18.0 Å². The number of hydrogen-bond donors (Lipinski definition) is 1. The van der Waals surface area contributed by atoms with Crippen LogP contribution in [0.15, 0.2) is 0 Å². The van der Waals surface area contributed by atoms with Crippen molar-refractivity contribution < 1.29 is 14.3 Å². The second-order valence-electron chi connectivity index (χ2n) is 3.74. The molecule has 0 heterocycles. The Morgan fingerprint density at radius 2 is 2.00 bits per heavy atom. The molecule has 1 N–H and O–H groups in total. The van der Waals surface area contributed by atoms with Gasteiger partial charge in [-0.15, -0.1) is 0 Å². The summed E-state index contributed by atoms with van der Waals surface area (Å²) < 4.78 is 10.3. The molecule has 15 heavy (non-hydrogen) atoms. The molecule has 0 bridgehead atoms. The van der Waals surface area contributed by atoms with Crippen molar-refractivity contribution in [1.29, 1.82) is 0 Å². The van der Waals surface area contributed by atoms with Gasteiger partial charge < -0.3 is 14.8 Å². The molecule has 0 amide bonds. The van der Waals surface area contributed by atoms with Gasteiger partial charge in [-0.1, -0.05) is 6.92 Å². The van der Waals surface area contributed by atoms with E-state index in [0.717, 1.165) is 6.42 Å². The largest absolute Gasteiger partial charge is 0.469 e. The first-order valence-corrected chi connectivity index (χ1v) is 5.43. The van der Waals surface area contributed by atoms with Gasteiger partial charge in [-0.05, 0) is 27.3 Å². The maximum atomic E-state index is 11.2. The standard InChI is InChI=1S/C11H23NO3/c1-6-10(12-4)7-15-9(3)8(2)11(13)14-5/h8-10,12H,6-7H2,1-5H3. The van der Waals surface area contributed by atoms with E-state index in [9.17, 15) is 4.79 Å². The Morgan fingerprint density at radius 3 is 2.40 bits per heavy atom. The number of likely N-dealkylation sites (N-methyl/N-ethyl adjacent to an activating group) is 1. The fourth-order valence-electron chi connectivity index (χ4n) is 1.20. The molecule has 0 saturated carbocycles. The summed E-state index contributed by atoms with van der Waals surface area (Å²) >= 11 is 0. The van der Waals surface area contributed by atoms with E-state index in [4.69, 9.17) is 4.74 Å². The average molecular weight is 217 g/mol. The van der Waals surface area contributed by atoms with Gasteiger partial charge in [0.1, 0.15) is 0 Å². The van der Waals surface area contributed by atoms with Crippen LogP contribution >= 0.6 is 0 Å². The van der Waals surface area contributed by atoms with E-state index in [2.05, 4.69) is 17.0 Å². The minimum Gasteiger partial charge on any atom is -0.469 e. The molecule has 4 nitrogen and oxygen atoms in total. The molecule has 90 valence electrons. The van der Waals surface area contributed by atoms with E-state index < -0.39 is 0 Å². The molecule has 0 aliphatic heterocycles. The predicted octanol–water partition coefficient (Wildman–Crippen LogP) is 1.20. The maximum Gasteiger partial charge on any atom is 0.311 e. The molecule has 0 rings (SSSR count). The zero-order valence-corrected chi connectivity index (χ0v) is 10.4. The lowest BCUT2D eigenvalue weighted by atomic mass is 10.1. The molecule has 3 unspecified atom stereocenters. The minimum absolute atomic E-state index is 0.111. The van der Waals surface area contributed by atoms with Crippen molar-refractivity contribution in [3.63, 3.8) is 0 Å². The lowest BCUT2D eigenvalue weighted by molar-refractivity contribution is -0.149. The number of hydrogen-bond acceptors (Lipinski definition) is 4. The highest BCUT2D eigenvalue weighted by atomic mass is 16.5. The molecule has 0 aromatic rings. The van der Waals surface area contributed by atoms with Crippen molar-refractivity contribution in [2.45, 2.75) is 39.3 Å². The molecule has 3 atom stereocenters. The van der Waals surface area contributed by atoms with Gasteiger partial charge in [0.05, 0.1) is 25.7 Å². The van der Waals surface area contributed by atoms with E-state index in [0.29, 0.717) is 12.6 Å². The summed E-state index contributed by atoms with van der Waals surface area (Å²) in [6, 6.07) is 0.345. The predicted molar refractivity (Wildman–Crippen MR) is 59.7 cm³/mol. The Labute approximate surface area is 92.3 Å². The third-order valence-corrected chi connectivity index (χ3v) is 2.74. The van der Waals surface area contributed by atoms with Crippen LogP contribution in [0.1, 0.15) is 27.2 Å². The highest BCUT2D eigenvalue weighted by molar-refractivity contribution is 5.72. The maximum absolute atomic E-state index is 11.2. The smallest absolute Gasteiger partial charge is 0.311 e. The Hall–Kier alpha value is -0.610. The zero-order valence-electron chi connectivity index (χ0n) is 10.4. The first kappa shape index (κ1) is 14.4. The Morgan fingerprint density at radius 1 is 1.40 bits per heavy atom. The van der Waals surface area contributed by atoms with Crippen molar-refractivity contribution in [2.75, 3.05) is 20.8 Å². The fraction of sp³-hybridized carbons (Fsp3) is 0.909. The van der Waals surface area contributed by atoms with Crippen LogP contribution in [0.25, 0.3) is 0 Å². The van der Waals surface area contributed by atoms with Gasteiger partial charge >= 0.3 is 5.97 Å². The SMILES string of the molecule is CCC(COC(C)C(C)C(=O)OC)NC. The van der Waals surface area contributed by atoms with Gasteiger partial charge in [-0.25, -0.2) is 0 Å². The number of esters is 1. The fourth-order valence-corrected chi connectivity index (χ4v) is 1.20. The number of methoxy groups -OCH3 is 1. The van der Waals surface area contributed by atoms with E-state index in [1.807, 2.05) is 20.9 Å².